The number of hydrogen-bond donors (Lipinski definition) is 1. The van der Waals surface area contributed by atoms with Crippen LogP contribution in [0.15, 0.2) is 51.9 Å². The van der Waals surface area contributed by atoms with Crippen LogP contribution in [0.4, 0.5) is 0 Å². The Kier molecular flexibility index (Phi) is 6.33. The number of benzene rings is 1. The monoisotopic (exact) mass is 501 g/mol. The highest BCUT2D eigenvalue weighted by Gasteiger charge is 2.35. The molecule has 4 heterocycles. The van der Waals surface area contributed by atoms with Crippen LogP contribution in [0.1, 0.15) is 71.7 Å². The Morgan fingerprint density at radius 1 is 1.08 bits per heavy atom. The Morgan fingerprint density at radius 3 is 2.65 bits per heavy atom. The van der Waals surface area contributed by atoms with E-state index in [1.807, 2.05) is 35.9 Å². The number of carbonyl (C=O) groups is 1. The molecular formula is C27H31N7O3. The van der Waals surface area contributed by atoms with E-state index in [0.29, 0.717) is 43.3 Å². The summed E-state index contributed by atoms with van der Waals surface area (Å²) in [5, 5.41) is 13.9. The number of para-hydroxylation sites is 1. The SMILES string of the molecule is Cc1cccc2cc([C@@H](c3nnnn3C3CCCCC3)N3CCN(C(=O)c4ccco4)CC3)c(=O)[nH]c12. The molecule has 1 amide bonds. The predicted octanol–water partition coefficient (Wildman–Crippen LogP) is 3.47. The van der Waals surface area contributed by atoms with Crippen LogP contribution in [0.2, 0.25) is 0 Å². The largest absolute Gasteiger partial charge is 0.459 e. The van der Waals surface area contributed by atoms with Crippen molar-refractivity contribution in [3.63, 3.8) is 0 Å². The summed E-state index contributed by atoms with van der Waals surface area (Å²) in [6.07, 6.45) is 7.11. The molecule has 1 aliphatic carbocycles. The first-order chi connectivity index (χ1) is 18.1. The number of fused-ring (bicyclic) bond motifs is 1. The number of aromatic amines is 1. The number of hydrogen-bond acceptors (Lipinski definition) is 7. The predicted molar refractivity (Wildman–Crippen MR) is 137 cm³/mol. The Balaban J connectivity index is 1.38. The van der Waals surface area contributed by atoms with Gasteiger partial charge in [0.2, 0.25) is 0 Å². The first-order valence-electron chi connectivity index (χ1n) is 13.1. The van der Waals surface area contributed by atoms with Crippen LogP contribution in [0.3, 0.4) is 0 Å². The zero-order chi connectivity index (χ0) is 25.4. The number of nitrogens with zero attached hydrogens (tertiary/aromatic N) is 6. The van der Waals surface area contributed by atoms with Crippen LogP contribution in [0.25, 0.3) is 10.9 Å². The van der Waals surface area contributed by atoms with Gasteiger partial charge in [0.05, 0.1) is 17.8 Å². The maximum atomic E-state index is 13.5. The summed E-state index contributed by atoms with van der Waals surface area (Å²) in [6.45, 7) is 4.20. The number of aryl methyl sites for hydroxylation is 1. The molecule has 0 bridgehead atoms. The molecule has 1 atom stereocenters. The van der Waals surface area contributed by atoms with E-state index < -0.39 is 6.04 Å². The number of nitrogens with one attached hydrogen (secondary N) is 1. The Labute approximate surface area is 214 Å². The van der Waals surface area contributed by atoms with Gasteiger partial charge in [-0.2, -0.15) is 0 Å². The molecule has 2 fully saturated rings. The van der Waals surface area contributed by atoms with E-state index in [-0.39, 0.29) is 17.5 Å². The minimum atomic E-state index is -0.425. The average Bonchev–Trinajstić information content (AvgIpc) is 3.64. The van der Waals surface area contributed by atoms with E-state index >= 15 is 0 Å². The number of piperazine rings is 1. The third kappa shape index (κ3) is 4.46. The van der Waals surface area contributed by atoms with Crippen molar-refractivity contribution in [3.8, 4) is 0 Å². The topological polar surface area (TPSA) is 113 Å². The molecule has 4 aromatic rings. The fraction of sp³-hybridized carbons (Fsp3) is 0.444. The molecule has 37 heavy (non-hydrogen) atoms. The lowest BCUT2D eigenvalue weighted by atomic mass is 9.95. The van der Waals surface area contributed by atoms with E-state index in [0.717, 1.165) is 42.1 Å². The van der Waals surface area contributed by atoms with Crippen molar-refractivity contribution in [2.45, 2.75) is 51.1 Å². The van der Waals surface area contributed by atoms with Crippen LogP contribution < -0.4 is 5.56 Å². The van der Waals surface area contributed by atoms with E-state index in [2.05, 4.69) is 25.4 Å². The fourth-order valence-corrected chi connectivity index (χ4v) is 5.81. The summed E-state index contributed by atoms with van der Waals surface area (Å²) in [4.78, 5) is 33.5. The number of aromatic nitrogens is 5. The van der Waals surface area contributed by atoms with Crippen LogP contribution in [-0.2, 0) is 0 Å². The standard InChI is InChI=1S/C27H31N7O3/c1-18-7-5-8-19-17-21(26(35)28-23(18)19)24(25-29-30-31-34(25)20-9-3-2-4-10-20)32-12-14-33(15-13-32)27(36)22-11-6-16-37-22/h5-8,11,16-17,20,24H,2-4,9-10,12-15H2,1H3,(H,28,35)/t24-/m0/s1. The Hall–Kier alpha value is -3.79. The molecule has 1 aliphatic heterocycles. The molecule has 1 saturated heterocycles. The molecule has 10 heteroatoms. The minimum Gasteiger partial charge on any atom is -0.459 e. The fourth-order valence-electron chi connectivity index (χ4n) is 5.81. The normalized spacial score (nSPS) is 18.4. The summed E-state index contributed by atoms with van der Waals surface area (Å²) in [5.41, 5.74) is 2.35. The molecule has 10 nitrogen and oxygen atoms in total. The average molecular weight is 502 g/mol. The second-order valence-electron chi connectivity index (χ2n) is 10.1. The highest BCUT2D eigenvalue weighted by atomic mass is 16.3. The van der Waals surface area contributed by atoms with Gasteiger partial charge in [-0.3, -0.25) is 14.5 Å². The lowest BCUT2D eigenvalue weighted by Gasteiger charge is -2.38. The summed E-state index contributed by atoms with van der Waals surface area (Å²) in [6, 6.07) is 11.2. The van der Waals surface area contributed by atoms with Gasteiger partial charge in [0, 0.05) is 31.7 Å². The smallest absolute Gasteiger partial charge is 0.289 e. The summed E-state index contributed by atoms with van der Waals surface area (Å²) in [5.74, 6) is 0.912. The number of H-pyrrole nitrogens is 1. The quantitative estimate of drug-likeness (QED) is 0.445. The number of amides is 1. The van der Waals surface area contributed by atoms with Gasteiger partial charge in [0.15, 0.2) is 11.6 Å². The molecule has 6 rings (SSSR count). The van der Waals surface area contributed by atoms with Crippen molar-refractivity contribution in [3.05, 3.63) is 75.7 Å². The van der Waals surface area contributed by atoms with Crippen molar-refractivity contribution < 1.29 is 9.21 Å². The highest BCUT2D eigenvalue weighted by molar-refractivity contribution is 5.91. The summed E-state index contributed by atoms with van der Waals surface area (Å²) >= 11 is 0. The number of tetrazole rings is 1. The van der Waals surface area contributed by atoms with Crippen molar-refractivity contribution in [1.29, 1.82) is 0 Å². The van der Waals surface area contributed by atoms with Crippen LogP contribution in [0, 0.1) is 6.92 Å². The molecule has 1 N–H and O–H groups in total. The molecule has 3 aromatic heterocycles. The lowest BCUT2D eigenvalue weighted by molar-refractivity contribution is 0.0556. The molecule has 1 aromatic carbocycles. The van der Waals surface area contributed by atoms with E-state index in [9.17, 15) is 9.59 Å². The van der Waals surface area contributed by atoms with E-state index in [1.54, 1.807) is 17.0 Å². The van der Waals surface area contributed by atoms with Crippen LogP contribution in [0.5, 0.6) is 0 Å². The molecule has 0 spiro atoms. The zero-order valence-corrected chi connectivity index (χ0v) is 21.0. The van der Waals surface area contributed by atoms with Gasteiger partial charge < -0.3 is 14.3 Å². The van der Waals surface area contributed by atoms with Crippen LogP contribution >= 0.6 is 0 Å². The number of carbonyl (C=O) groups excluding carboxylic acids is 1. The van der Waals surface area contributed by atoms with Gasteiger partial charge >= 0.3 is 0 Å². The molecule has 0 unspecified atom stereocenters. The first-order valence-corrected chi connectivity index (χ1v) is 13.1. The minimum absolute atomic E-state index is 0.118. The van der Waals surface area contributed by atoms with Gasteiger partial charge in [-0.25, -0.2) is 4.68 Å². The Morgan fingerprint density at radius 2 is 1.89 bits per heavy atom. The van der Waals surface area contributed by atoms with Gasteiger partial charge in [0.1, 0.15) is 6.04 Å². The number of pyridine rings is 1. The van der Waals surface area contributed by atoms with Gasteiger partial charge in [-0.15, -0.1) is 5.10 Å². The molecule has 192 valence electrons. The van der Waals surface area contributed by atoms with Crippen molar-refractivity contribution >= 4 is 16.8 Å². The summed E-state index contributed by atoms with van der Waals surface area (Å²) in [7, 11) is 0. The van der Waals surface area contributed by atoms with Crippen LogP contribution in [-0.4, -0.2) is 67.1 Å². The Bertz CT molecular complexity index is 1440. The lowest BCUT2D eigenvalue weighted by Crippen LogP contribution is -2.51. The third-order valence-corrected chi connectivity index (χ3v) is 7.79. The maximum absolute atomic E-state index is 13.5. The zero-order valence-electron chi connectivity index (χ0n) is 21.0. The highest BCUT2D eigenvalue weighted by Crippen LogP contribution is 2.33. The summed E-state index contributed by atoms with van der Waals surface area (Å²) < 4.78 is 7.27. The van der Waals surface area contributed by atoms with Gasteiger partial charge in [-0.1, -0.05) is 37.5 Å². The second-order valence-corrected chi connectivity index (χ2v) is 10.1. The van der Waals surface area contributed by atoms with Gasteiger partial charge in [0.25, 0.3) is 11.5 Å². The number of rotatable bonds is 5. The van der Waals surface area contributed by atoms with Crippen molar-refractivity contribution in [2.24, 2.45) is 0 Å². The van der Waals surface area contributed by atoms with E-state index in [4.69, 9.17) is 4.42 Å². The first kappa shape index (κ1) is 23.6. The maximum Gasteiger partial charge on any atom is 0.289 e. The van der Waals surface area contributed by atoms with Gasteiger partial charge in [-0.05, 0) is 59.3 Å². The second kappa shape index (κ2) is 9.93. The molecule has 1 saturated carbocycles. The molecular weight excluding hydrogens is 470 g/mol. The third-order valence-electron chi connectivity index (χ3n) is 7.79. The van der Waals surface area contributed by atoms with E-state index in [1.165, 1.54) is 12.7 Å². The number of furan rings is 1. The van der Waals surface area contributed by atoms with Crippen molar-refractivity contribution in [1.82, 2.24) is 35.0 Å². The van der Waals surface area contributed by atoms with Crippen molar-refractivity contribution in [2.75, 3.05) is 26.2 Å². The molecule has 2 aliphatic rings. The molecule has 0 radical (unpaired) electrons.